The Hall–Kier alpha value is -0.0800. The first-order chi connectivity index (χ1) is 6.09. The van der Waals surface area contributed by atoms with Crippen molar-refractivity contribution in [3.8, 4) is 0 Å². The predicted molar refractivity (Wildman–Crippen MR) is 55.6 cm³/mol. The second-order valence-corrected chi connectivity index (χ2v) is 4.73. The van der Waals surface area contributed by atoms with Crippen molar-refractivity contribution >= 4 is 0 Å². The molecule has 1 fully saturated rings. The van der Waals surface area contributed by atoms with Gasteiger partial charge in [0.2, 0.25) is 0 Å². The highest BCUT2D eigenvalue weighted by atomic mass is 16.5. The monoisotopic (exact) mass is 185 g/mol. The molecule has 2 atom stereocenters. The van der Waals surface area contributed by atoms with Crippen LogP contribution in [0.1, 0.15) is 46.5 Å². The zero-order valence-electron chi connectivity index (χ0n) is 9.18. The van der Waals surface area contributed by atoms with Crippen LogP contribution >= 0.6 is 0 Å². The Morgan fingerprint density at radius 1 is 1.38 bits per heavy atom. The van der Waals surface area contributed by atoms with E-state index in [1.807, 2.05) is 0 Å². The Morgan fingerprint density at radius 3 is 2.54 bits per heavy atom. The molecular weight excluding hydrogens is 162 g/mol. The van der Waals surface area contributed by atoms with Crippen LogP contribution in [0.15, 0.2) is 0 Å². The highest BCUT2D eigenvalue weighted by molar-refractivity contribution is 5.00. The largest absolute Gasteiger partial charge is 0.378 e. The van der Waals surface area contributed by atoms with Gasteiger partial charge in [-0.2, -0.15) is 0 Å². The maximum absolute atomic E-state index is 5.90. The van der Waals surface area contributed by atoms with Crippen molar-refractivity contribution in [3.05, 3.63) is 0 Å². The van der Waals surface area contributed by atoms with Gasteiger partial charge in [-0.1, -0.05) is 33.6 Å². The van der Waals surface area contributed by atoms with Crippen LogP contribution in [0.3, 0.4) is 0 Å². The summed E-state index contributed by atoms with van der Waals surface area (Å²) < 4.78 is 5.79. The first kappa shape index (κ1) is 11.0. The summed E-state index contributed by atoms with van der Waals surface area (Å²) in [4.78, 5) is 0. The minimum Gasteiger partial charge on any atom is -0.378 e. The summed E-state index contributed by atoms with van der Waals surface area (Å²) in [5.74, 6) is 0. The van der Waals surface area contributed by atoms with Crippen LogP contribution in [0.4, 0.5) is 0 Å². The van der Waals surface area contributed by atoms with Crippen molar-refractivity contribution in [1.29, 1.82) is 0 Å². The van der Waals surface area contributed by atoms with Crippen LogP contribution in [0.5, 0.6) is 0 Å². The van der Waals surface area contributed by atoms with E-state index in [4.69, 9.17) is 10.5 Å². The molecule has 2 unspecified atom stereocenters. The topological polar surface area (TPSA) is 35.2 Å². The molecule has 0 aromatic heterocycles. The van der Waals surface area contributed by atoms with E-state index in [1.54, 1.807) is 0 Å². The van der Waals surface area contributed by atoms with E-state index in [0.717, 1.165) is 13.0 Å². The number of nitrogens with two attached hydrogens (primary N) is 1. The van der Waals surface area contributed by atoms with Gasteiger partial charge in [-0.05, 0) is 12.8 Å². The predicted octanol–water partition coefficient (Wildman–Crippen LogP) is 2.32. The second-order valence-electron chi connectivity index (χ2n) is 4.73. The molecule has 0 aromatic rings. The molecule has 0 heterocycles. The van der Waals surface area contributed by atoms with Crippen molar-refractivity contribution in [1.82, 2.24) is 0 Å². The Bertz CT molecular complexity index is 156. The summed E-state index contributed by atoms with van der Waals surface area (Å²) in [6.07, 6.45) is 5.17. The van der Waals surface area contributed by atoms with Gasteiger partial charge in [-0.15, -0.1) is 0 Å². The molecule has 2 nitrogen and oxygen atoms in total. The highest BCUT2D eigenvalue weighted by Gasteiger charge is 2.46. The quantitative estimate of drug-likeness (QED) is 0.667. The van der Waals surface area contributed by atoms with Gasteiger partial charge < -0.3 is 10.5 Å². The third-order valence-corrected chi connectivity index (χ3v) is 3.32. The van der Waals surface area contributed by atoms with Gasteiger partial charge in [-0.25, -0.2) is 0 Å². The van der Waals surface area contributed by atoms with E-state index in [1.165, 1.54) is 19.3 Å². The summed E-state index contributed by atoms with van der Waals surface area (Å²) in [6, 6.07) is 0.337. The van der Waals surface area contributed by atoms with E-state index < -0.39 is 0 Å². The van der Waals surface area contributed by atoms with Gasteiger partial charge in [-0.3, -0.25) is 0 Å². The number of ether oxygens (including phenoxy) is 1. The Labute approximate surface area is 81.8 Å². The molecule has 0 aliphatic heterocycles. The molecule has 1 saturated carbocycles. The fourth-order valence-electron chi connectivity index (χ4n) is 1.78. The number of hydrogen-bond donors (Lipinski definition) is 1. The number of hydrogen-bond acceptors (Lipinski definition) is 2. The van der Waals surface area contributed by atoms with Crippen molar-refractivity contribution in [3.63, 3.8) is 0 Å². The smallest absolute Gasteiger partial charge is 0.0655 e. The van der Waals surface area contributed by atoms with E-state index in [0.29, 0.717) is 12.1 Å². The van der Waals surface area contributed by atoms with Gasteiger partial charge in [0, 0.05) is 18.1 Å². The average molecular weight is 185 g/mol. The van der Waals surface area contributed by atoms with Crippen LogP contribution < -0.4 is 5.73 Å². The molecule has 0 amide bonds. The second kappa shape index (κ2) is 4.43. The van der Waals surface area contributed by atoms with E-state index in [9.17, 15) is 0 Å². The average Bonchev–Trinajstić information content (AvgIpc) is 2.10. The van der Waals surface area contributed by atoms with Crippen LogP contribution in [0.25, 0.3) is 0 Å². The van der Waals surface area contributed by atoms with Crippen molar-refractivity contribution in [2.45, 2.75) is 58.6 Å². The first-order valence-electron chi connectivity index (χ1n) is 5.46. The van der Waals surface area contributed by atoms with Gasteiger partial charge in [0.15, 0.2) is 0 Å². The summed E-state index contributed by atoms with van der Waals surface area (Å²) in [6.45, 7) is 7.52. The third kappa shape index (κ3) is 2.44. The van der Waals surface area contributed by atoms with Gasteiger partial charge in [0.25, 0.3) is 0 Å². The molecule has 0 radical (unpaired) electrons. The lowest BCUT2D eigenvalue weighted by molar-refractivity contribution is -0.108. The van der Waals surface area contributed by atoms with Crippen LogP contribution in [-0.4, -0.2) is 18.8 Å². The fourth-order valence-corrected chi connectivity index (χ4v) is 1.78. The molecule has 2 N–H and O–H groups in total. The molecule has 0 aromatic carbocycles. The van der Waals surface area contributed by atoms with Crippen molar-refractivity contribution in [2.24, 2.45) is 11.1 Å². The maximum atomic E-state index is 5.90. The Morgan fingerprint density at radius 2 is 2.08 bits per heavy atom. The lowest BCUT2D eigenvalue weighted by Gasteiger charge is -2.49. The van der Waals surface area contributed by atoms with Gasteiger partial charge >= 0.3 is 0 Å². The molecule has 13 heavy (non-hydrogen) atoms. The van der Waals surface area contributed by atoms with Gasteiger partial charge in [0.05, 0.1) is 6.10 Å². The SMILES string of the molecule is CCCCCOC1CC(N)C1(C)C. The summed E-state index contributed by atoms with van der Waals surface area (Å²) in [5.41, 5.74) is 6.10. The fraction of sp³-hybridized carbons (Fsp3) is 1.00. The molecule has 78 valence electrons. The van der Waals surface area contributed by atoms with E-state index in [-0.39, 0.29) is 5.41 Å². The Kier molecular flexibility index (Phi) is 3.74. The first-order valence-corrected chi connectivity index (χ1v) is 5.46. The molecule has 1 aliphatic carbocycles. The molecule has 2 heteroatoms. The lowest BCUT2D eigenvalue weighted by atomic mass is 9.65. The molecule has 1 aliphatic rings. The van der Waals surface area contributed by atoms with E-state index in [2.05, 4.69) is 20.8 Å². The third-order valence-electron chi connectivity index (χ3n) is 3.32. The summed E-state index contributed by atoms with van der Waals surface area (Å²) in [7, 11) is 0. The van der Waals surface area contributed by atoms with Crippen molar-refractivity contribution in [2.75, 3.05) is 6.61 Å². The molecular formula is C11H23NO. The standard InChI is InChI=1S/C11H23NO/c1-4-5-6-7-13-10-8-9(12)11(10,2)3/h9-10H,4-8,12H2,1-3H3. The maximum Gasteiger partial charge on any atom is 0.0655 e. The number of unbranched alkanes of at least 4 members (excludes halogenated alkanes) is 2. The zero-order chi connectivity index (χ0) is 9.90. The summed E-state index contributed by atoms with van der Waals surface area (Å²) in [5, 5.41) is 0. The van der Waals surface area contributed by atoms with Crippen LogP contribution in [-0.2, 0) is 4.74 Å². The molecule has 0 spiro atoms. The highest BCUT2D eigenvalue weighted by Crippen LogP contribution is 2.41. The molecule has 1 rings (SSSR count). The minimum absolute atomic E-state index is 0.201. The van der Waals surface area contributed by atoms with Crippen molar-refractivity contribution < 1.29 is 4.74 Å². The Balaban J connectivity index is 2.10. The number of rotatable bonds is 5. The van der Waals surface area contributed by atoms with Gasteiger partial charge in [0.1, 0.15) is 0 Å². The molecule has 0 bridgehead atoms. The minimum atomic E-state index is 0.201. The van der Waals surface area contributed by atoms with Crippen LogP contribution in [0.2, 0.25) is 0 Å². The normalized spacial score (nSPS) is 31.4. The van der Waals surface area contributed by atoms with E-state index >= 15 is 0 Å². The van der Waals surface area contributed by atoms with Crippen LogP contribution in [0, 0.1) is 5.41 Å². The molecule has 0 saturated heterocycles. The lowest BCUT2D eigenvalue weighted by Crippen LogP contribution is -2.59. The zero-order valence-corrected chi connectivity index (χ0v) is 9.18. The summed E-state index contributed by atoms with van der Waals surface area (Å²) >= 11 is 0.